The zero-order chi connectivity index (χ0) is 22.9. The van der Waals surface area contributed by atoms with E-state index in [0.717, 1.165) is 11.1 Å². The molecule has 1 aliphatic rings. The second kappa shape index (κ2) is 8.43. The highest BCUT2D eigenvalue weighted by atomic mass is 16.5. The molecular weight excluding hydrogens is 426 g/mol. The van der Waals surface area contributed by atoms with Crippen molar-refractivity contribution in [3.8, 4) is 28.5 Å². The fourth-order valence-electron chi connectivity index (χ4n) is 3.77. The lowest BCUT2D eigenvalue weighted by Gasteiger charge is -2.34. The molecule has 1 atom stereocenters. The van der Waals surface area contributed by atoms with Crippen LogP contribution in [0.2, 0.25) is 0 Å². The van der Waals surface area contributed by atoms with Gasteiger partial charge in [-0.05, 0) is 11.6 Å². The Kier molecular flexibility index (Phi) is 5.31. The van der Waals surface area contributed by atoms with Gasteiger partial charge in [0.05, 0.1) is 18.8 Å². The van der Waals surface area contributed by atoms with Gasteiger partial charge in [0.25, 0.3) is 5.56 Å². The number of hydrogen-bond acceptors (Lipinski definition) is 10. The third-order valence-corrected chi connectivity index (χ3v) is 5.49. The highest BCUT2D eigenvalue weighted by Crippen LogP contribution is 2.29. The number of nitrogens with zero attached hydrogens (tertiary/aromatic N) is 7. The van der Waals surface area contributed by atoms with E-state index in [1.54, 1.807) is 20.0 Å². The lowest BCUT2D eigenvalue weighted by molar-refractivity contribution is 0.0390. The van der Waals surface area contributed by atoms with Crippen molar-refractivity contribution in [3.05, 3.63) is 64.7 Å². The van der Waals surface area contributed by atoms with Crippen LogP contribution in [0.15, 0.2) is 52.2 Å². The van der Waals surface area contributed by atoms with Crippen LogP contribution in [0.3, 0.4) is 0 Å². The Morgan fingerprint density at radius 2 is 1.97 bits per heavy atom. The van der Waals surface area contributed by atoms with E-state index in [0.29, 0.717) is 43.1 Å². The zero-order valence-corrected chi connectivity index (χ0v) is 18.0. The van der Waals surface area contributed by atoms with Crippen molar-refractivity contribution in [2.24, 2.45) is 7.05 Å². The van der Waals surface area contributed by atoms with Gasteiger partial charge in [-0.3, -0.25) is 9.36 Å². The van der Waals surface area contributed by atoms with Gasteiger partial charge in [0.1, 0.15) is 18.1 Å². The monoisotopic (exact) mass is 447 g/mol. The molecule has 11 nitrogen and oxygen atoms in total. The Bertz CT molecular complexity index is 1340. The molecule has 4 aromatic rings. The van der Waals surface area contributed by atoms with Crippen LogP contribution in [0, 0.1) is 6.92 Å². The Morgan fingerprint density at radius 3 is 2.67 bits per heavy atom. The van der Waals surface area contributed by atoms with Gasteiger partial charge in [-0.25, -0.2) is 15.0 Å². The van der Waals surface area contributed by atoms with E-state index in [4.69, 9.17) is 9.26 Å². The van der Waals surface area contributed by atoms with Gasteiger partial charge in [-0.2, -0.15) is 4.98 Å². The molecule has 4 heterocycles. The van der Waals surface area contributed by atoms with Crippen molar-refractivity contribution in [1.82, 2.24) is 29.7 Å². The molecule has 0 bridgehead atoms. The fraction of sp³-hybridized carbons (Fsp3) is 0.273. The van der Waals surface area contributed by atoms with Crippen molar-refractivity contribution in [2.75, 3.05) is 24.6 Å². The molecular formula is C22H21N7O4. The lowest BCUT2D eigenvalue weighted by Crippen LogP contribution is -2.41. The van der Waals surface area contributed by atoms with E-state index < -0.39 is 11.3 Å². The molecule has 1 saturated heterocycles. The number of aromatic nitrogens is 6. The standard InChI is InChI=1S/C22H21N7O4/c1-13-25-20(27-33-13)15-5-3-14(4-6-15)17-11-29(9-10-32-17)22-26-18(16-7-8-23-12-24-16)19(30)21(31)28(22)2/h3-8,12,17,30H,9-11H2,1-2H3. The molecule has 5 rings (SSSR count). The van der Waals surface area contributed by atoms with Crippen LogP contribution < -0.4 is 10.5 Å². The maximum absolute atomic E-state index is 12.7. The molecule has 0 amide bonds. The molecule has 33 heavy (non-hydrogen) atoms. The molecule has 168 valence electrons. The third kappa shape index (κ3) is 3.94. The number of ether oxygens (including phenoxy) is 1. The van der Waals surface area contributed by atoms with Gasteiger partial charge >= 0.3 is 0 Å². The first kappa shape index (κ1) is 20.8. The van der Waals surface area contributed by atoms with E-state index in [2.05, 4.69) is 25.1 Å². The van der Waals surface area contributed by atoms with Gasteiger partial charge in [-0.1, -0.05) is 29.4 Å². The predicted octanol–water partition coefficient (Wildman–Crippen LogP) is 1.88. The molecule has 0 aliphatic carbocycles. The Labute approximate surface area is 188 Å². The van der Waals surface area contributed by atoms with Gasteiger partial charge < -0.3 is 19.3 Å². The molecule has 0 spiro atoms. The first-order valence-corrected chi connectivity index (χ1v) is 10.3. The van der Waals surface area contributed by atoms with Crippen molar-refractivity contribution < 1.29 is 14.4 Å². The molecule has 11 heteroatoms. The maximum Gasteiger partial charge on any atom is 0.297 e. The van der Waals surface area contributed by atoms with E-state index in [-0.39, 0.29) is 11.8 Å². The Balaban J connectivity index is 1.43. The van der Waals surface area contributed by atoms with E-state index >= 15 is 0 Å². The quantitative estimate of drug-likeness (QED) is 0.494. The summed E-state index contributed by atoms with van der Waals surface area (Å²) in [5.41, 5.74) is 1.78. The number of aryl methyl sites for hydroxylation is 1. The number of hydrogen-bond donors (Lipinski definition) is 1. The SMILES string of the molecule is Cc1nc(-c2ccc(C3CN(c4nc(-c5ccncn5)c(O)c(=O)n4C)CCO3)cc2)no1. The van der Waals surface area contributed by atoms with Crippen LogP contribution in [-0.4, -0.2) is 54.5 Å². The number of aromatic hydroxyl groups is 1. The average Bonchev–Trinajstić information content (AvgIpc) is 3.30. The Hall–Kier alpha value is -4.12. The van der Waals surface area contributed by atoms with Crippen LogP contribution in [0.25, 0.3) is 22.8 Å². The molecule has 1 fully saturated rings. The van der Waals surface area contributed by atoms with Crippen LogP contribution in [-0.2, 0) is 11.8 Å². The van der Waals surface area contributed by atoms with Crippen molar-refractivity contribution in [1.29, 1.82) is 0 Å². The van der Waals surface area contributed by atoms with Crippen LogP contribution in [0.5, 0.6) is 5.75 Å². The van der Waals surface area contributed by atoms with Gasteiger partial charge in [0.15, 0.2) is 0 Å². The number of benzene rings is 1. The smallest absolute Gasteiger partial charge is 0.297 e. The number of morpholine rings is 1. The zero-order valence-electron chi connectivity index (χ0n) is 18.0. The normalized spacial score (nSPS) is 16.2. The summed E-state index contributed by atoms with van der Waals surface area (Å²) in [5, 5.41) is 14.3. The minimum absolute atomic E-state index is 0.123. The predicted molar refractivity (Wildman–Crippen MR) is 118 cm³/mol. The minimum atomic E-state index is -0.545. The highest BCUT2D eigenvalue weighted by molar-refractivity contribution is 5.63. The van der Waals surface area contributed by atoms with Crippen molar-refractivity contribution >= 4 is 5.95 Å². The topological polar surface area (TPSA) is 132 Å². The van der Waals surface area contributed by atoms with E-state index in [1.807, 2.05) is 29.2 Å². The lowest BCUT2D eigenvalue weighted by atomic mass is 10.1. The summed E-state index contributed by atoms with van der Waals surface area (Å²) >= 11 is 0. The summed E-state index contributed by atoms with van der Waals surface area (Å²) in [6.45, 7) is 3.23. The summed E-state index contributed by atoms with van der Waals surface area (Å²) in [6, 6.07) is 9.36. The maximum atomic E-state index is 12.7. The van der Waals surface area contributed by atoms with E-state index in [1.165, 1.54) is 17.1 Å². The molecule has 0 radical (unpaired) electrons. The summed E-state index contributed by atoms with van der Waals surface area (Å²) in [7, 11) is 1.58. The molecule has 1 aliphatic heterocycles. The summed E-state index contributed by atoms with van der Waals surface area (Å²) in [4.78, 5) is 31.5. The van der Waals surface area contributed by atoms with Gasteiger partial charge in [0, 0.05) is 32.3 Å². The number of rotatable bonds is 4. The molecule has 1 unspecified atom stereocenters. The van der Waals surface area contributed by atoms with E-state index in [9.17, 15) is 9.90 Å². The number of anilines is 1. The van der Waals surface area contributed by atoms with Crippen LogP contribution in [0.1, 0.15) is 17.6 Å². The first-order valence-electron chi connectivity index (χ1n) is 10.3. The largest absolute Gasteiger partial charge is 0.501 e. The minimum Gasteiger partial charge on any atom is -0.501 e. The van der Waals surface area contributed by atoms with Crippen molar-refractivity contribution in [2.45, 2.75) is 13.0 Å². The highest BCUT2D eigenvalue weighted by Gasteiger charge is 2.27. The summed E-state index contributed by atoms with van der Waals surface area (Å²) in [5.74, 6) is 1.02. The summed E-state index contributed by atoms with van der Waals surface area (Å²) < 4.78 is 12.4. The second-order valence-corrected chi connectivity index (χ2v) is 7.63. The average molecular weight is 447 g/mol. The second-order valence-electron chi connectivity index (χ2n) is 7.63. The van der Waals surface area contributed by atoms with Crippen LogP contribution >= 0.6 is 0 Å². The summed E-state index contributed by atoms with van der Waals surface area (Å²) in [6.07, 6.45) is 2.65. The Morgan fingerprint density at radius 1 is 1.15 bits per heavy atom. The first-order chi connectivity index (χ1) is 16.0. The molecule has 3 aromatic heterocycles. The van der Waals surface area contributed by atoms with Crippen LogP contribution in [0.4, 0.5) is 5.95 Å². The third-order valence-electron chi connectivity index (χ3n) is 5.49. The molecule has 1 aromatic carbocycles. The molecule has 1 N–H and O–H groups in total. The van der Waals surface area contributed by atoms with Gasteiger partial charge in [-0.15, -0.1) is 0 Å². The van der Waals surface area contributed by atoms with Crippen molar-refractivity contribution in [3.63, 3.8) is 0 Å². The fourth-order valence-corrected chi connectivity index (χ4v) is 3.77. The molecule has 0 saturated carbocycles. The van der Waals surface area contributed by atoms with Gasteiger partial charge in [0.2, 0.25) is 23.4 Å².